The second kappa shape index (κ2) is 6.94. The van der Waals surface area contributed by atoms with Crippen LogP contribution in [0, 0.1) is 10.1 Å². The molecule has 6 nitrogen and oxygen atoms in total. The number of ketones is 1. The molecule has 0 atom stereocenters. The molecule has 0 amide bonds. The zero-order valence-corrected chi connectivity index (χ0v) is 14.0. The van der Waals surface area contributed by atoms with Crippen LogP contribution >= 0.6 is 11.6 Å². The second-order valence-corrected chi connectivity index (χ2v) is 7.39. The number of nitro groups is 1. The maximum absolute atomic E-state index is 12.1. The number of halogens is 1. The van der Waals surface area contributed by atoms with Crippen molar-refractivity contribution >= 4 is 39.0 Å². The predicted octanol–water partition coefficient (Wildman–Crippen LogP) is 3.55. The van der Waals surface area contributed by atoms with Crippen LogP contribution in [-0.2, 0) is 9.84 Å². The van der Waals surface area contributed by atoms with E-state index in [4.69, 9.17) is 11.6 Å². The first-order chi connectivity index (χ1) is 11.2. The maximum Gasteiger partial charge on any atom is 0.288 e. The molecule has 0 unspecified atom stereocenters. The molecule has 0 aliphatic heterocycles. The summed E-state index contributed by atoms with van der Waals surface area (Å²) in [5, 5.41) is 10.8. The van der Waals surface area contributed by atoms with E-state index in [1.165, 1.54) is 48.6 Å². The van der Waals surface area contributed by atoms with Crippen molar-refractivity contribution in [3.63, 3.8) is 0 Å². The summed E-state index contributed by atoms with van der Waals surface area (Å²) in [6, 6.07) is 9.71. The smallest absolute Gasteiger partial charge is 0.288 e. The third-order valence-electron chi connectivity index (χ3n) is 3.16. The van der Waals surface area contributed by atoms with E-state index in [1.807, 2.05) is 0 Å². The zero-order valence-electron chi connectivity index (χ0n) is 12.5. The molecule has 2 rings (SSSR count). The lowest BCUT2D eigenvalue weighted by Crippen LogP contribution is -1.99. The Bertz CT molecular complexity index is 933. The summed E-state index contributed by atoms with van der Waals surface area (Å²) in [5.41, 5.74) is 0.512. The van der Waals surface area contributed by atoms with Crippen LogP contribution in [0.3, 0.4) is 0 Å². The maximum atomic E-state index is 12.1. The van der Waals surface area contributed by atoms with Crippen molar-refractivity contribution in [3.8, 4) is 0 Å². The monoisotopic (exact) mass is 365 g/mol. The van der Waals surface area contributed by atoms with Gasteiger partial charge in [0.1, 0.15) is 5.02 Å². The quantitative estimate of drug-likeness (QED) is 0.349. The van der Waals surface area contributed by atoms with E-state index in [0.29, 0.717) is 11.1 Å². The highest BCUT2D eigenvalue weighted by Gasteiger charge is 2.12. The summed E-state index contributed by atoms with van der Waals surface area (Å²) in [5.74, 6) is -0.354. The van der Waals surface area contributed by atoms with Gasteiger partial charge in [-0.25, -0.2) is 8.42 Å². The number of nitro benzene ring substituents is 1. The van der Waals surface area contributed by atoms with Gasteiger partial charge in [-0.05, 0) is 42.0 Å². The van der Waals surface area contributed by atoms with Gasteiger partial charge in [-0.15, -0.1) is 0 Å². The minimum absolute atomic E-state index is 0.0137. The first-order valence-corrected chi connectivity index (χ1v) is 8.92. The molecule has 0 N–H and O–H groups in total. The lowest BCUT2D eigenvalue weighted by molar-refractivity contribution is -0.384. The van der Waals surface area contributed by atoms with Crippen LogP contribution in [0.4, 0.5) is 5.69 Å². The molecule has 0 fully saturated rings. The Balaban J connectivity index is 2.22. The first-order valence-electron chi connectivity index (χ1n) is 6.65. The fraction of sp³-hybridized carbons (Fsp3) is 0.0625. The van der Waals surface area contributed by atoms with E-state index in [1.54, 1.807) is 6.07 Å². The summed E-state index contributed by atoms with van der Waals surface area (Å²) < 4.78 is 22.7. The van der Waals surface area contributed by atoms with Gasteiger partial charge in [0.25, 0.3) is 5.69 Å². The fourth-order valence-corrected chi connectivity index (χ4v) is 2.72. The van der Waals surface area contributed by atoms with Crippen LogP contribution in [0.2, 0.25) is 5.02 Å². The van der Waals surface area contributed by atoms with E-state index in [-0.39, 0.29) is 21.4 Å². The summed E-state index contributed by atoms with van der Waals surface area (Å²) in [4.78, 5) is 22.4. The SMILES string of the molecule is CS(=O)(=O)c1ccc(C(=O)/C=C/c2ccc(Cl)c([N+](=O)[O-])c2)cc1. The van der Waals surface area contributed by atoms with Crippen molar-refractivity contribution in [3.05, 3.63) is 74.8 Å². The first kappa shape index (κ1) is 17.8. The van der Waals surface area contributed by atoms with Gasteiger partial charge < -0.3 is 0 Å². The van der Waals surface area contributed by atoms with Crippen molar-refractivity contribution < 1.29 is 18.1 Å². The van der Waals surface area contributed by atoms with Crippen molar-refractivity contribution in [1.82, 2.24) is 0 Å². The molecule has 0 spiro atoms. The van der Waals surface area contributed by atoms with Crippen molar-refractivity contribution in [2.45, 2.75) is 4.90 Å². The van der Waals surface area contributed by atoms with Gasteiger partial charge in [0.05, 0.1) is 9.82 Å². The van der Waals surface area contributed by atoms with Gasteiger partial charge in [0, 0.05) is 17.9 Å². The van der Waals surface area contributed by atoms with Gasteiger partial charge in [-0.2, -0.15) is 0 Å². The van der Waals surface area contributed by atoms with Crippen LogP contribution in [0.25, 0.3) is 6.08 Å². The van der Waals surface area contributed by atoms with Crippen LogP contribution in [0.1, 0.15) is 15.9 Å². The average molecular weight is 366 g/mol. The molecule has 2 aromatic carbocycles. The molecule has 0 heterocycles. The van der Waals surface area contributed by atoms with Crippen LogP contribution in [0.15, 0.2) is 53.4 Å². The molecule has 0 saturated carbocycles. The number of sulfone groups is 1. The van der Waals surface area contributed by atoms with Crippen molar-refractivity contribution in [2.75, 3.05) is 6.26 Å². The molecule has 0 aliphatic carbocycles. The number of allylic oxidation sites excluding steroid dienone is 1. The molecule has 0 bridgehead atoms. The molecule has 0 radical (unpaired) electrons. The molecule has 0 aromatic heterocycles. The number of nitrogens with zero attached hydrogens (tertiary/aromatic N) is 1. The Labute approximate surface area is 143 Å². The van der Waals surface area contributed by atoms with Gasteiger partial charge in [0.15, 0.2) is 15.6 Å². The molecule has 0 saturated heterocycles. The van der Waals surface area contributed by atoms with Crippen LogP contribution in [-0.4, -0.2) is 25.4 Å². The van der Waals surface area contributed by atoms with Gasteiger partial charge in [0.2, 0.25) is 0 Å². The minimum atomic E-state index is -3.32. The Kier molecular flexibility index (Phi) is 5.16. The highest BCUT2D eigenvalue weighted by molar-refractivity contribution is 7.90. The minimum Gasteiger partial charge on any atom is -0.289 e. The molecule has 8 heteroatoms. The largest absolute Gasteiger partial charge is 0.289 e. The topological polar surface area (TPSA) is 94.3 Å². The van der Waals surface area contributed by atoms with Gasteiger partial charge in [-0.3, -0.25) is 14.9 Å². The number of carbonyl (C=O) groups is 1. The Morgan fingerprint density at radius 2 is 1.79 bits per heavy atom. The third-order valence-corrected chi connectivity index (χ3v) is 4.61. The van der Waals surface area contributed by atoms with E-state index in [0.717, 1.165) is 6.26 Å². The molecular weight excluding hydrogens is 354 g/mol. The summed E-state index contributed by atoms with van der Waals surface area (Å²) in [6.07, 6.45) is 3.76. The highest BCUT2D eigenvalue weighted by Crippen LogP contribution is 2.25. The average Bonchev–Trinajstić information content (AvgIpc) is 2.52. The van der Waals surface area contributed by atoms with Crippen LogP contribution in [0.5, 0.6) is 0 Å². The summed E-state index contributed by atoms with van der Waals surface area (Å²) in [7, 11) is -3.32. The molecule has 2 aromatic rings. The lowest BCUT2D eigenvalue weighted by Gasteiger charge is -2.00. The van der Waals surface area contributed by atoms with Crippen molar-refractivity contribution in [2.24, 2.45) is 0 Å². The lowest BCUT2D eigenvalue weighted by atomic mass is 10.1. The van der Waals surface area contributed by atoms with Crippen LogP contribution < -0.4 is 0 Å². The number of benzene rings is 2. The number of carbonyl (C=O) groups excluding carboxylic acids is 1. The van der Waals surface area contributed by atoms with E-state index >= 15 is 0 Å². The molecule has 0 aliphatic rings. The molecular formula is C16H12ClNO5S. The zero-order chi connectivity index (χ0) is 17.9. The summed E-state index contributed by atoms with van der Waals surface area (Å²) >= 11 is 5.72. The Morgan fingerprint density at radius 1 is 1.17 bits per heavy atom. The Hall–Kier alpha value is -2.51. The second-order valence-electron chi connectivity index (χ2n) is 4.96. The van der Waals surface area contributed by atoms with Crippen molar-refractivity contribution in [1.29, 1.82) is 0 Å². The fourth-order valence-electron chi connectivity index (χ4n) is 1.91. The third kappa shape index (κ3) is 4.27. The standard InChI is InChI=1S/C16H12ClNO5S/c1-24(22,23)13-6-4-12(5-7-13)16(19)9-3-11-2-8-14(17)15(10-11)18(20)21/h2-10H,1H3/b9-3+. The van der Waals surface area contributed by atoms with E-state index < -0.39 is 14.8 Å². The van der Waals surface area contributed by atoms with Gasteiger partial charge >= 0.3 is 0 Å². The molecule has 124 valence electrons. The summed E-state index contributed by atoms with van der Waals surface area (Å²) in [6.45, 7) is 0. The number of hydrogen-bond acceptors (Lipinski definition) is 5. The van der Waals surface area contributed by atoms with E-state index in [9.17, 15) is 23.3 Å². The predicted molar refractivity (Wildman–Crippen MR) is 91.0 cm³/mol. The van der Waals surface area contributed by atoms with Gasteiger partial charge in [-0.1, -0.05) is 23.7 Å². The number of rotatable bonds is 5. The Morgan fingerprint density at radius 3 is 2.33 bits per heavy atom. The highest BCUT2D eigenvalue weighted by atomic mass is 35.5. The number of hydrogen-bond donors (Lipinski definition) is 0. The van der Waals surface area contributed by atoms with E-state index in [2.05, 4.69) is 0 Å². The normalized spacial score (nSPS) is 11.6. The molecule has 24 heavy (non-hydrogen) atoms.